The van der Waals surface area contributed by atoms with Crippen molar-refractivity contribution in [1.29, 1.82) is 0 Å². The minimum absolute atomic E-state index is 0.118. The highest BCUT2D eigenvalue weighted by atomic mass is 35.5. The lowest BCUT2D eigenvalue weighted by molar-refractivity contribution is -0.122. The van der Waals surface area contributed by atoms with Gasteiger partial charge in [-0.3, -0.25) is 4.79 Å². The van der Waals surface area contributed by atoms with E-state index in [0.717, 1.165) is 17.1 Å². The number of nitrogens with one attached hydrogen (secondary N) is 1. The van der Waals surface area contributed by atoms with Crippen LogP contribution in [0.5, 0.6) is 0 Å². The van der Waals surface area contributed by atoms with E-state index in [-0.39, 0.29) is 23.4 Å². The average Bonchev–Trinajstić information content (AvgIpc) is 2.52. The van der Waals surface area contributed by atoms with Gasteiger partial charge in [0.2, 0.25) is 15.9 Å². The molecule has 3 unspecified atom stereocenters. The van der Waals surface area contributed by atoms with Crippen LogP contribution in [0.4, 0.5) is 0 Å². The molecular formula is C17H25ClN2O3S. The Bertz CT molecular complexity index is 676. The smallest absolute Gasteiger partial charge is 0.243 e. The molecule has 0 saturated heterocycles. The summed E-state index contributed by atoms with van der Waals surface area (Å²) in [5, 5.41) is 3.46. The molecule has 1 aliphatic carbocycles. The van der Waals surface area contributed by atoms with Gasteiger partial charge in [-0.05, 0) is 42.5 Å². The van der Waals surface area contributed by atoms with Gasteiger partial charge in [0, 0.05) is 18.1 Å². The second-order valence-electron chi connectivity index (χ2n) is 6.66. The maximum absolute atomic E-state index is 12.5. The van der Waals surface area contributed by atoms with Crippen molar-refractivity contribution in [2.24, 2.45) is 11.8 Å². The van der Waals surface area contributed by atoms with E-state index in [9.17, 15) is 13.2 Å². The van der Waals surface area contributed by atoms with Crippen LogP contribution in [-0.2, 0) is 14.8 Å². The Kier molecular flexibility index (Phi) is 6.28. The molecule has 134 valence electrons. The van der Waals surface area contributed by atoms with Gasteiger partial charge in [-0.25, -0.2) is 8.42 Å². The third kappa shape index (κ3) is 4.49. The molecule has 3 atom stereocenters. The molecule has 1 aromatic rings. The highest BCUT2D eigenvalue weighted by molar-refractivity contribution is 7.89. The molecule has 0 spiro atoms. The van der Waals surface area contributed by atoms with Gasteiger partial charge in [-0.1, -0.05) is 38.3 Å². The summed E-state index contributed by atoms with van der Waals surface area (Å²) >= 11 is 5.79. The molecule has 1 aromatic carbocycles. The number of rotatable bonds is 5. The van der Waals surface area contributed by atoms with Crippen LogP contribution in [0.15, 0.2) is 29.2 Å². The topological polar surface area (TPSA) is 66.5 Å². The summed E-state index contributed by atoms with van der Waals surface area (Å²) in [7, 11) is -2.29. The average molecular weight is 373 g/mol. The minimum Gasteiger partial charge on any atom is -0.352 e. The number of likely N-dealkylation sites (N-methyl/N-ethyl adjacent to an activating group) is 1. The van der Waals surface area contributed by atoms with Crippen LogP contribution in [0.2, 0.25) is 5.02 Å². The number of nitrogens with zero attached hydrogens (tertiary/aromatic N) is 1. The van der Waals surface area contributed by atoms with E-state index < -0.39 is 10.0 Å². The van der Waals surface area contributed by atoms with E-state index in [1.54, 1.807) is 0 Å². The quantitative estimate of drug-likeness (QED) is 0.864. The van der Waals surface area contributed by atoms with Gasteiger partial charge >= 0.3 is 0 Å². The number of hydrogen-bond acceptors (Lipinski definition) is 3. The van der Waals surface area contributed by atoms with Crippen molar-refractivity contribution >= 4 is 27.5 Å². The lowest BCUT2D eigenvalue weighted by Crippen LogP contribution is -2.47. The molecule has 0 bridgehead atoms. The highest BCUT2D eigenvalue weighted by Gasteiger charge is 2.29. The van der Waals surface area contributed by atoms with Crippen LogP contribution < -0.4 is 5.32 Å². The van der Waals surface area contributed by atoms with E-state index in [1.165, 1.54) is 37.7 Å². The van der Waals surface area contributed by atoms with Crippen molar-refractivity contribution in [2.75, 3.05) is 13.6 Å². The molecule has 1 amide bonds. The summed E-state index contributed by atoms with van der Waals surface area (Å²) in [6.45, 7) is 4.14. The molecular weight excluding hydrogens is 348 g/mol. The molecule has 0 heterocycles. The van der Waals surface area contributed by atoms with E-state index in [4.69, 9.17) is 11.6 Å². The Balaban J connectivity index is 1.99. The zero-order valence-electron chi connectivity index (χ0n) is 14.3. The first kappa shape index (κ1) is 19.2. The largest absolute Gasteiger partial charge is 0.352 e. The zero-order chi connectivity index (χ0) is 17.9. The van der Waals surface area contributed by atoms with Gasteiger partial charge < -0.3 is 5.32 Å². The predicted octanol–water partition coefficient (Wildman–Crippen LogP) is 2.90. The van der Waals surface area contributed by atoms with Crippen molar-refractivity contribution in [1.82, 2.24) is 9.62 Å². The molecule has 7 heteroatoms. The maximum Gasteiger partial charge on any atom is 0.243 e. The van der Waals surface area contributed by atoms with Gasteiger partial charge in [0.25, 0.3) is 0 Å². The Hall–Kier alpha value is -1.11. The lowest BCUT2D eigenvalue weighted by Gasteiger charge is -2.34. The summed E-state index contributed by atoms with van der Waals surface area (Å²) in [5.74, 6) is 0.710. The maximum atomic E-state index is 12.5. The second-order valence-corrected chi connectivity index (χ2v) is 9.14. The Morgan fingerprint density at radius 2 is 1.88 bits per heavy atom. The third-order valence-corrected chi connectivity index (χ3v) is 7.01. The van der Waals surface area contributed by atoms with Crippen LogP contribution in [0.1, 0.15) is 33.1 Å². The molecule has 1 N–H and O–H groups in total. The van der Waals surface area contributed by atoms with Crippen LogP contribution >= 0.6 is 11.6 Å². The van der Waals surface area contributed by atoms with Gasteiger partial charge in [0.1, 0.15) is 0 Å². The van der Waals surface area contributed by atoms with E-state index in [1.807, 2.05) is 0 Å². The van der Waals surface area contributed by atoms with E-state index in [0.29, 0.717) is 16.9 Å². The fourth-order valence-corrected chi connectivity index (χ4v) is 4.36. The predicted molar refractivity (Wildman–Crippen MR) is 95.4 cm³/mol. The summed E-state index contributed by atoms with van der Waals surface area (Å²) in [4.78, 5) is 12.4. The first-order valence-corrected chi connectivity index (χ1v) is 10.0. The molecule has 0 aromatic heterocycles. The molecule has 1 fully saturated rings. The van der Waals surface area contributed by atoms with Gasteiger partial charge in [0.15, 0.2) is 0 Å². The molecule has 0 aliphatic heterocycles. The first-order valence-electron chi connectivity index (χ1n) is 8.23. The van der Waals surface area contributed by atoms with Crippen molar-refractivity contribution < 1.29 is 13.2 Å². The van der Waals surface area contributed by atoms with Crippen LogP contribution in [0.25, 0.3) is 0 Å². The van der Waals surface area contributed by atoms with Crippen molar-refractivity contribution in [2.45, 2.75) is 44.0 Å². The Morgan fingerprint density at radius 1 is 1.25 bits per heavy atom. The Labute approximate surface area is 149 Å². The number of carbonyl (C=O) groups excluding carboxylic acids is 1. The monoisotopic (exact) mass is 372 g/mol. The summed E-state index contributed by atoms with van der Waals surface area (Å²) in [5.41, 5.74) is 0. The third-order valence-electron chi connectivity index (χ3n) is 4.94. The summed E-state index contributed by atoms with van der Waals surface area (Å²) in [6, 6.07) is 6.04. The van der Waals surface area contributed by atoms with Crippen molar-refractivity contribution in [3.05, 3.63) is 29.3 Å². The molecule has 24 heavy (non-hydrogen) atoms. The number of benzene rings is 1. The number of hydrogen-bond donors (Lipinski definition) is 1. The number of carbonyl (C=O) groups is 1. The summed E-state index contributed by atoms with van der Waals surface area (Å²) in [6.07, 6.45) is 3.22. The van der Waals surface area contributed by atoms with Crippen LogP contribution in [0.3, 0.4) is 0 Å². The number of sulfonamides is 1. The normalized spacial score (nSPS) is 24.8. The van der Waals surface area contributed by atoms with Crippen molar-refractivity contribution in [3.8, 4) is 0 Å². The van der Waals surface area contributed by atoms with Crippen LogP contribution in [-0.4, -0.2) is 38.3 Å². The molecule has 2 rings (SSSR count). The van der Waals surface area contributed by atoms with E-state index in [2.05, 4.69) is 19.2 Å². The standard InChI is InChI=1S/C17H25ClN2O3S/c1-12-5-4-6-16(13(12)2)19-17(21)11-20(3)24(22,23)15-9-7-14(18)8-10-15/h7-10,12-13,16H,4-6,11H2,1-3H3,(H,19,21). The Morgan fingerprint density at radius 3 is 2.50 bits per heavy atom. The van der Waals surface area contributed by atoms with Crippen molar-refractivity contribution in [3.63, 3.8) is 0 Å². The highest BCUT2D eigenvalue weighted by Crippen LogP contribution is 2.29. The minimum atomic E-state index is -3.70. The van der Waals surface area contributed by atoms with E-state index >= 15 is 0 Å². The SMILES string of the molecule is CC1CCCC(NC(=O)CN(C)S(=O)(=O)c2ccc(Cl)cc2)C1C. The van der Waals surface area contributed by atoms with Gasteiger partial charge in [-0.2, -0.15) is 4.31 Å². The van der Waals surface area contributed by atoms with Crippen LogP contribution in [0, 0.1) is 11.8 Å². The van der Waals surface area contributed by atoms with Gasteiger partial charge in [0.05, 0.1) is 11.4 Å². The summed E-state index contributed by atoms with van der Waals surface area (Å²) < 4.78 is 26.1. The zero-order valence-corrected chi connectivity index (χ0v) is 15.9. The lowest BCUT2D eigenvalue weighted by atomic mass is 9.78. The second kappa shape index (κ2) is 7.85. The number of halogens is 1. The fourth-order valence-electron chi connectivity index (χ4n) is 3.11. The first-order chi connectivity index (χ1) is 11.2. The molecule has 5 nitrogen and oxygen atoms in total. The molecule has 0 radical (unpaired) electrons. The van der Waals surface area contributed by atoms with Gasteiger partial charge in [-0.15, -0.1) is 0 Å². The fraction of sp³-hybridized carbons (Fsp3) is 0.588. The molecule has 1 aliphatic rings. The molecule has 1 saturated carbocycles. The number of amides is 1.